The van der Waals surface area contributed by atoms with Gasteiger partial charge in [-0.05, 0) is 138 Å². The molecule has 0 saturated carbocycles. The Morgan fingerprint density at radius 3 is 1.11 bits per heavy atom. The van der Waals surface area contributed by atoms with Crippen LogP contribution in [-0.2, 0) is 0 Å². The van der Waals surface area contributed by atoms with E-state index in [1.165, 1.54) is 121 Å². The topological polar surface area (TPSA) is 9.86 Å². The van der Waals surface area contributed by atoms with Gasteiger partial charge >= 0.3 is 0 Å². The van der Waals surface area contributed by atoms with Gasteiger partial charge in [0.25, 0.3) is 0 Å². The van der Waals surface area contributed by atoms with Gasteiger partial charge in [0.2, 0.25) is 0 Å². The molecule has 12 aromatic carbocycles. The molecule has 2 heterocycles. The molecule has 0 atom stereocenters. The predicted octanol–water partition coefficient (Wildman–Crippen LogP) is 18.5. The Morgan fingerprint density at radius 2 is 0.600 bits per heavy atom. The quantitative estimate of drug-likeness (QED) is 0.141. The number of benzene rings is 12. The normalized spacial score (nSPS) is 11.7. The average molecular weight is 889 g/mol. The smallest absolute Gasteiger partial charge is 0.0547 e. The van der Waals surface area contributed by atoms with E-state index in [0.717, 1.165) is 11.4 Å². The molecular formula is C68H44N2. The summed E-state index contributed by atoms with van der Waals surface area (Å²) in [4.78, 5) is 0. The largest absolute Gasteiger partial charge is 0.309 e. The van der Waals surface area contributed by atoms with Crippen LogP contribution in [0.4, 0.5) is 0 Å². The summed E-state index contributed by atoms with van der Waals surface area (Å²) in [5, 5.41) is 9.83. The van der Waals surface area contributed by atoms with Crippen molar-refractivity contribution in [1.29, 1.82) is 0 Å². The van der Waals surface area contributed by atoms with Crippen molar-refractivity contribution in [2.24, 2.45) is 0 Å². The molecule has 2 nitrogen and oxygen atoms in total. The van der Waals surface area contributed by atoms with Crippen molar-refractivity contribution in [2.45, 2.75) is 0 Å². The zero-order chi connectivity index (χ0) is 46.1. The van der Waals surface area contributed by atoms with E-state index < -0.39 is 0 Å². The molecule has 0 saturated heterocycles. The Labute approximate surface area is 406 Å². The highest BCUT2D eigenvalue weighted by molar-refractivity contribution is 6.21. The third-order valence-corrected chi connectivity index (χ3v) is 14.5. The van der Waals surface area contributed by atoms with Gasteiger partial charge in [0.15, 0.2) is 0 Å². The zero-order valence-corrected chi connectivity index (χ0v) is 38.3. The van der Waals surface area contributed by atoms with Crippen LogP contribution in [0.5, 0.6) is 0 Å². The molecule has 0 N–H and O–H groups in total. The first-order valence-electron chi connectivity index (χ1n) is 24.2. The van der Waals surface area contributed by atoms with E-state index in [0.29, 0.717) is 0 Å². The summed E-state index contributed by atoms with van der Waals surface area (Å²) in [5.74, 6) is 0. The minimum atomic E-state index is 1.15. The van der Waals surface area contributed by atoms with Crippen LogP contribution in [0, 0.1) is 0 Å². The van der Waals surface area contributed by atoms with Gasteiger partial charge in [-0.25, -0.2) is 0 Å². The molecule has 2 heteroatoms. The molecule has 326 valence electrons. The van der Waals surface area contributed by atoms with Crippen molar-refractivity contribution in [3.05, 3.63) is 267 Å². The molecule has 2 aromatic heterocycles. The molecule has 0 fully saturated rings. The van der Waals surface area contributed by atoms with Gasteiger partial charge in [0, 0.05) is 32.9 Å². The third kappa shape index (κ3) is 6.35. The Bertz CT molecular complexity index is 4100. The van der Waals surface area contributed by atoms with Crippen molar-refractivity contribution in [1.82, 2.24) is 9.13 Å². The molecule has 0 unspecified atom stereocenters. The lowest BCUT2D eigenvalue weighted by atomic mass is 9.83. The highest BCUT2D eigenvalue weighted by atomic mass is 15.0. The predicted molar refractivity (Wildman–Crippen MR) is 297 cm³/mol. The lowest BCUT2D eigenvalue weighted by molar-refractivity contribution is 1.18. The molecule has 14 aromatic rings. The van der Waals surface area contributed by atoms with Crippen LogP contribution >= 0.6 is 0 Å². The SMILES string of the molecule is c1ccc(-c2ccc(-c3ccccc3)c(-c3c4cccc(-c5ccc6c7ccccc7n(-c7ccccc7)c6c5)c4cc4c(-c5ccc6c7ccccc7n(-c7ccccc7)c6c5)cccc34)c2)cc1. The Morgan fingerprint density at radius 1 is 0.186 bits per heavy atom. The number of fused-ring (bicyclic) bond motifs is 8. The maximum absolute atomic E-state index is 2.48. The number of hydrogen-bond donors (Lipinski definition) is 0. The highest BCUT2D eigenvalue weighted by Gasteiger charge is 2.22. The molecule has 0 spiro atoms. The van der Waals surface area contributed by atoms with Gasteiger partial charge in [-0.1, -0.05) is 206 Å². The highest BCUT2D eigenvalue weighted by Crippen LogP contribution is 2.48. The summed E-state index contributed by atoms with van der Waals surface area (Å²) in [7, 11) is 0. The molecule has 0 aliphatic carbocycles. The van der Waals surface area contributed by atoms with E-state index >= 15 is 0 Å². The lowest BCUT2D eigenvalue weighted by Crippen LogP contribution is -1.95. The monoisotopic (exact) mass is 888 g/mol. The van der Waals surface area contributed by atoms with Crippen LogP contribution in [-0.4, -0.2) is 9.13 Å². The fourth-order valence-electron chi connectivity index (χ4n) is 11.4. The van der Waals surface area contributed by atoms with Gasteiger partial charge in [-0.3, -0.25) is 0 Å². The molecular weight excluding hydrogens is 845 g/mol. The Hall–Kier alpha value is -9.24. The second-order valence-corrected chi connectivity index (χ2v) is 18.4. The fourth-order valence-corrected chi connectivity index (χ4v) is 11.4. The van der Waals surface area contributed by atoms with Gasteiger partial charge in [0.05, 0.1) is 22.1 Å². The maximum Gasteiger partial charge on any atom is 0.0547 e. The van der Waals surface area contributed by atoms with Gasteiger partial charge < -0.3 is 9.13 Å². The summed E-state index contributed by atoms with van der Waals surface area (Å²) in [6.45, 7) is 0. The minimum Gasteiger partial charge on any atom is -0.309 e. The molecule has 0 aliphatic heterocycles. The van der Waals surface area contributed by atoms with E-state index in [2.05, 4.69) is 276 Å². The first kappa shape index (κ1) is 39.9. The van der Waals surface area contributed by atoms with Crippen LogP contribution in [0.3, 0.4) is 0 Å². The number of hydrogen-bond acceptors (Lipinski definition) is 0. The van der Waals surface area contributed by atoms with Crippen LogP contribution in [0.2, 0.25) is 0 Å². The molecule has 0 bridgehead atoms. The van der Waals surface area contributed by atoms with E-state index in [9.17, 15) is 0 Å². The summed E-state index contributed by atoms with van der Waals surface area (Å²) < 4.78 is 4.84. The molecule has 0 radical (unpaired) electrons. The second kappa shape index (κ2) is 16.2. The van der Waals surface area contributed by atoms with Crippen LogP contribution < -0.4 is 0 Å². The number of rotatable bonds is 7. The van der Waals surface area contributed by atoms with Crippen molar-refractivity contribution < 1.29 is 0 Å². The third-order valence-electron chi connectivity index (χ3n) is 14.5. The molecule has 0 amide bonds. The van der Waals surface area contributed by atoms with E-state index in [4.69, 9.17) is 0 Å². The van der Waals surface area contributed by atoms with E-state index in [1.807, 2.05) is 0 Å². The Kier molecular flexibility index (Phi) is 9.25. The molecule has 14 rings (SSSR count). The average Bonchev–Trinajstić information content (AvgIpc) is 3.95. The molecule has 70 heavy (non-hydrogen) atoms. The first-order chi connectivity index (χ1) is 34.7. The van der Waals surface area contributed by atoms with Crippen LogP contribution in [0.15, 0.2) is 267 Å². The Balaban J connectivity index is 1.09. The summed E-state index contributed by atoms with van der Waals surface area (Å²) in [5.41, 5.74) is 19.0. The standard InChI is InChI=1S/C68H44N2/c1-5-19-45(20-6-1)47-35-38-54(46-21-7-2-8-22-46)63(41-47)68-59-31-17-29-52(48-36-39-57-55-27-13-15-33-64(55)69(66(57)42-48)50-23-9-3-10-24-50)61(59)44-62-53(30-18-32-60(62)68)49-37-40-58-56-28-14-16-34-65(56)70(67(58)43-49)51-25-11-4-12-26-51/h1-44H. The van der Waals surface area contributed by atoms with Gasteiger partial charge in [-0.15, -0.1) is 0 Å². The van der Waals surface area contributed by atoms with Crippen molar-refractivity contribution in [3.8, 4) is 67.0 Å². The zero-order valence-electron chi connectivity index (χ0n) is 38.3. The van der Waals surface area contributed by atoms with Crippen LogP contribution in [0.25, 0.3) is 132 Å². The minimum absolute atomic E-state index is 1.15. The second-order valence-electron chi connectivity index (χ2n) is 18.4. The van der Waals surface area contributed by atoms with Crippen molar-refractivity contribution >= 4 is 65.2 Å². The number of aromatic nitrogens is 2. The van der Waals surface area contributed by atoms with Gasteiger partial charge in [-0.2, -0.15) is 0 Å². The number of para-hydroxylation sites is 4. The van der Waals surface area contributed by atoms with E-state index in [1.54, 1.807) is 0 Å². The van der Waals surface area contributed by atoms with Crippen LogP contribution in [0.1, 0.15) is 0 Å². The number of nitrogens with zero attached hydrogens (tertiary/aromatic N) is 2. The summed E-state index contributed by atoms with van der Waals surface area (Å²) in [6.07, 6.45) is 0. The summed E-state index contributed by atoms with van der Waals surface area (Å²) >= 11 is 0. The van der Waals surface area contributed by atoms with Crippen molar-refractivity contribution in [2.75, 3.05) is 0 Å². The fraction of sp³-hybridized carbons (Fsp3) is 0. The molecule has 0 aliphatic rings. The first-order valence-corrected chi connectivity index (χ1v) is 24.2. The maximum atomic E-state index is 2.48. The summed E-state index contributed by atoms with van der Waals surface area (Å²) in [6, 6.07) is 98.3. The van der Waals surface area contributed by atoms with E-state index in [-0.39, 0.29) is 0 Å². The lowest BCUT2D eigenvalue weighted by Gasteiger charge is -2.20. The van der Waals surface area contributed by atoms with Crippen molar-refractivity contribution in [3.63, 3.8) is 0 Å². The van der Waals surface area contributed by atoms with Gasteiger partial charge in [0.1, 0.15) is 0 Å².